The van der Waals surface area contributed by atoms with Gasteiger partial charge in [0.25, 0.3) is 11.5 Å². The van der Waals surface area contributed by atoms with Gasteiger partial charge in [-0.3, -0.25) is 19.1 Å². The summed E-state index contributed by atoms with van der Waals surface area (Å²) >= 11 is 0. The molecule has 0 aliphatic carbocycles. The van der Waals surface area contributed by atoms with Gasteiger partial charge >= 0.3 is 5.69 Å². The monoisotopic (exact) mass is 402 g/mol. The zero-order chi connectivity index (χ0) is 21.4. The molecular weight excluding hydrogens is 372 g/mol. The van der Waals surface area contributed by atoms with Gasteiger partial charge in [-0.15, -0.1) is 0 Å². The molecule has 158 valence electrons. The molecule has 8 nitrogen and oxygen atoms in total. The van der Waals surface area contributed by atoms with E-state index in [0.29, 0.717) is 25.3 Å². The van der Waals surface area contributed by atoms with Crippen molar-refractivity contribution >= 4 is 17.4 Å². The maximum absolute atomic E-state index is 13.2. The van der Waals surface area contributed by atoms with Crippen LogP contribution in [0.15, 0.2) is 39.9 Å². The second-order valence-electron chi connectivity index (χ2n) is 6.91. The van der Waals surface area contributed by atoms with E-state index >= 15 is 0 Å². The molecule has 29 heavy (non-hydrogen) atoms. The van der Waals surface area contributed by atoms with Crippen molar-refractivity contribution in [3.05, 3.63) is 51.2 Å². The standard InChI is InChI=1S/C21H30N4O4/c1-4-6-13-24(20(27)15(3)29-16-11-9-8-10-12-16)17-18(22)25(14-7-5-2)21(28)23-19(17)26/h8-12,15H,4-7,13-14,22H2,1-3H3,(H,23,26,28). The van der Waals surface area contributed by atoms with Crippen molar-refractivity contribution in [3.63, 3.8) is 0 Å². The van der Waals surface area contributed by atoms with Crippen molar-refractivity contribution in [2.75, 3.05) is 17.2 Å². The quantitative estimate of drug-likeness (QED) is 0.634. The van der Waals surface area contributed by atoms with Gasteiger partial charge in [0.15, 0.2) is 11.8 Å². The predicted octanol–water partition coefficient (Wildman–Crippen LogP) is 2.52. The minimum Gasteiger partial charge on any atom is -0.481 e. The molecular formula is C21H30N4O4. The van der Waals surface area contributed by atoms with E-state index in [1.54, 1.807) is 19.1 Å². The maximum Gasteiger partial charge on any atom is 0.330 e. The molecule has 1 unspecified atom stereocenters. The van der Waals surface area contributed by atoms with Crippen LogP contribution >= 0.6 is 0 Å². The molecule has 3 N–H and O–H groups in total. The summed E-state index contributed by atoms with van der Waals surface area (Å²) in [7, 11) is 0. The van der Waals surface area contributed by atoms with Gasteiger partial charge in [0.05, 0.1) is 0 Å². The largest absolute Gasteiger partial charge is 0.481 e. The van der Waals surface area contributed by atoms with Gasteiger partial charge in [-0.05, 0) is 31.9 Å². The second kappa shape index (κ2) is 10.5. The van der Waals surface area contributed by atoms with Crippen LogP contribution in [-0.2, 0) is 11.3 Å². The van der Waals surface area contributed by atoms with Crippen LogP contribution < -0.4 is 26.6 Å². The third-order valence-corrected chi connectivity index (χ3v) is 4.62. The van der Waals surface area contributed by atoms with Crippen LogP contribution in [0.1, 0.15) is 46.5 Å². The first-order valence-electron chi connectivity index (χ1n) is 10.1. The van der Waals surface area contributed by atoms with Crippen LogP contribution in [0.5, 0.6) is 5.75 Å². The number of nitrogens with two attached hydrogens (primary N) is 1. The zero-order valence-corrected chi connectivity index (χ0v) is 17.3. The summed E-state index contributed by atoms with van der Waals surface area (Å²) in [5.74, 6) is 0.169. The molecule has 1 amide bonds. The van der Waals surface area contributed by atoms with E-state index in [1.807, 2.05) is 32.0 Å². The molecule has 0 spiro atoms. The number of aromatic amines is 1. The van der Waals surface area contributed by atoms with Crippen molar-refractivity contribution in [2.45, 2.75) is 59.1 Å². The number of carbonyl (C=O) groups excluding carboxylic acids is 1. The number of hydrogen-bond donors (Lipinski definition) is 2. The van der Waals surface area contributed by atoms with Crippen LogP contribution in [0, 0.1) is 0 Å². The Labute approximate surface area is 170 Å². The molecule has 2 rings (SSSR count). The lowest BCUT2D eigenvalue weighted by Crippen LogP contribution is -2.46. The number of amides is 1. The number of nitrogens with one attached hydrogen (secondary N) is 1. The molecule has 0 aliphatic heterocycles. The lowest BCUT2D eigenvalue weighted by atomic mass is 10.2. The van der Waals surface area contributed by atoms with Crippen LogP contribution in [0.25, 0.3) is 0 Å². The van der Waals surface area contributed by atoms with Crippen LogP contribution in [-0.4, -0.2) is 28.1 Å². The van der Waals surface area contributed by atoms with Gasteiger partial charge in [0.2, 0.25) is 0 Å². The lowest BCUT2D eigenvalue weighted by molar-refractivity contribution is -0.124. The minimum atomic E-state index is -0.830. The molecule has 0 bridgehead atoms. The summed E-state index contributed by atoms with van der Waals surface area (Å²) in [6, 6.07) is 8.99. The highest BCUT2D eigenvalue weighted by Crippen LogP contribution is 2.20. The number of rotatable bonds is 10. The van der Waals surface area contributed by atoms with E-state index in [1.165, 1.54) is 9.47 Å². The zero-order valence-electron chi connectivity index (χ0n) is 17.3. The first-order chi connectivity index (χ1) is 13.9. The summed E-state index contributed by atoms with van der Waals surface area (Å²) in [6.45, 7) is 6.29. The van der Waals surface area contributed by atoms with Gasteiger partial charge in [0.1, 0.15) is 11.6 Å². The highest BCUT2D eigenvalue weighted by molar-refractivity contribution is 5.98. The van der Waals surface area contributed by atoms with E-state index in [4.69, 9.17) is 10.5 Å². The number of para-hydroxylation sites is 1. The van der Waals surface area contributed by atoms with Crippen molar-refractivity contribution in [1.82, 2.24) is 9.55 Å². The smallest absolute Gasteiger partial charge is 0.330 e. The molecule has 0 saturated carbocycles. The Morgan fingerprint density at radius 1 is 1.17 bits per heavy atom. The fraction of sp³-hybridized carbons (Fsp3) is 0.476. The number of carbonyl (C=O) groups is 1. The average molecular weight is 402 g/mol. The van der Waals surface area contributed by atoms with Crippen LogP contribution in [0.4, 0.5) is 11.5 Å². The fourth-order valence-electron chi connectivity index (χ4n) is 3.00. The van der Waals surface area contributed by atoms with Crippen molar-refractivity contribution < 1.29 is 9.53 Å². The summed E-state index contributed by atoms with van der Waals surface area (Å²) in [6.07, 6.45) is 2.26. The average Bonchev–Trinajstić information content (AvgIpc) is 2.70. The molecule has 0 radical (unpaired) electrons. The Morgan fingerprint density at radius 3 is 2.45 bits per heavy atom. The first-order valence-corrected chi connectivity index (χ1v) is 10.1. The molecule has 2 aromatic rings. The Bertz CT molecular complexity index is 921. The SMILES string of the molecule is CCCCN(C(=O)C(C)Oc1ccccc1)c1c(N)n(CCCC)c(=O)[nH]c1=O. The Hall–Kier alpha value is -3.03. The van der Waals surface area contributed by atoms with Gasteiger partial charge in [-0.2, -0.15) is 0 Å². The lowest BCUT2D eigenvalue weighted by Gasteiger charge is -2.27. The predicted molar refractivity (Wildman–Crippen MR) is 114 cm³/mol. The first kappa shape index (κ1) is 22.3. The summed E-state index contributed by atoms with van der Waals surface area (Å²) < 4.78 is 7.06. The Balaban J connectivity index is 2.42. The molecule has 1 aromatic heterocycles. The number of aromatic nitrogens is 2. The highest BCUT2D eigenvalue weighted by Gasteiger charge is 2.28. The minimum absolute atomic E-state index is 0.00247. The van der Waals surface area contributed by atoms with E-state index < -0.39 is 17.4 Å². The van der Waals surface area contributed by atoms with Crippen LogP contribution in [0.3, 0.4) is 0 Å². The number of nitrogen functional groups attached to an aromatic ring is 1. The van der Waals surface area contributed by atoms with Crippen molar-refractivity contribution in [2.24, 2.45) is 0 Å². The van der Waals surface area contributed by atoms with E-state index in [2.05, 4.69) is 4.98 Å². The number of unbranched alkanes of at least 4 members (excludes halogenated alkanes) is 2. The third-order valence-electron chi connectivity index (χ3n) is 4.62. The Kier molecular flexibility index (Phi) is 8.06. The van der Waals surface area contributed by atoms with Gasteiger partial charge in [-0.1, -0.05) is 44.9 Å². The summed E-state index contributed by atoms with van der Waals surface area (Å²) in [5, 5.41) is 0. The van der Waals surface area contributed by atoms with Gasteiger partial charge < -0.3 is 15.4 Å². The molecule has 0 aliphatic rings. The number of anilines is 2. The molecule has 0 saturated heterocycles. The Morgan fingerprint density at radius 2 is 1.83 bits per heavy atom. The highest BCUT2D eigenvalue weighted by atomic mass is 16.5. The molecule has 1 aromatic carbocycles. The number of nitrogens with zero attached hydrogens (tertiary/aromatic N) is 2. The van der Waals surface area contributed by atoms with E-state index in [0.717, 1.165) is 19.3 Å². The fourth-order valence-corrected chi connectivity index (χ4v) is 3.00. The second-order valence-corrected chi connectivity index (χ2v) is 6.91. The number of benzene rings is 1. The van der Waals surface area contributed by atoms with Gasteiger partial charge in [0, 0.05) is 13.1 Å². The van der Waals surface area contributed by atoms with Gasteiger partial charge in [-0.25, -0.2) is 4.79 Å². The number of hydrogen-bond acceptors (Lipinski definition) is 5. The molecule has 1 heterocycles. The van der Waals surface area contributed by atoms with Crippen LogP contribution in [0.2, 0.25) is 0 Å². The van der Waals surface area contributed by atoms with E-state index in [9.17, 15) is 14.4 Å². The number of ether oxygens (including phenoxy) is 1. The van der Waals surface area contributed by atoms with E-state index in [-0.39, 0.29) is 17.4 Å². The third kappa shape index (κ3) is 5.49. The maximum atomic E-state index is 13.2. The summed E-state index contributed by atoms with van der Waals surface area (Å²) in [4.78, 5) is 41.6. The normalized spacial score (nSPS) is 11.8. The number of H-pyrrole nitrogens is 1. The summed E-state index contributed by atoms with van der Waals surface area (Å²) in [5.41, 5.74) is 4.96. The molecule has 1 atom stereocenters. The van der Waals surface area contributed by atoms with Crippen molar-refractivity contribution in [3.8, 4) is 5.75 Å². The van der Waals surface area contributed by atoms with Crippen molar-refractivity contribution in [1.29, 1.82) is 0 Å². The topological polar surface area (TPSA) is 110 Å². The molecule has 0 fully saturated rings. The molecule has 8 heteroatoms.